The van der Waals surface area contributed by atoms with Crippen LogP contribution in [-0.2, 0) is 5.41 Å². The summed E-state index contributed by atoms with van der Waals surface area (Å²) in [5.74, 6) is -1.04. The summed E-state index contributed by atoms with van der Waals surface area (Å²) in [5.41, 5.74) is -0.0316. The van der Waals surface area contributed by atoms with Gasteiger partial charge in [0, 0.05) is 17.7 Å². The van der Waals surface area contributed by atoms with Crippen molar-refractivity contribution in [3.8, 4) is 11.5 Å². The van der Waals surface area contributed by atoms with Gasteiger partial charge in [0.05, 0.1) is 0 Å². The van der Waals surface area contributed by atoms with Gasteiger partial charge in [-0.3, -0.25) is 0 Å². The van der Waals surface area contributed by atoms with Crippen LogP contribution < -0.4 is 0 Å². The van der Waals surface area contributed by atoms with E-state index < -0.39 is 11.2 Å². The molecule has 1 aromatic rings. The Morgan fingerprint density at radius 3 is 1.77 bits per heavy atom. The third-order valence-corrected chi connectivity index (χ3v) is 1.81. The zero-order valence-corrected chi connectivity index (χ0v) is 7.93. The van der Waals surface area contributed by atoms with Crippen LogP contribution in [-0.4, -0.2) is 10.2 Å². The van der Waals surface area contributed by atoms with E-state index in [9.17, 15) is 14.6 Å². The van der Waals surface area contributed by atoms with Gasteiger partial charge >= 0.3 is 0 Å². The summed E-state index contributed by atoms with van der Waals surface area (Å²) in [6.07, 6.45) is 0. The van der Waals surface area contributed by atoms with Crippen LogP contribution in [0.4, 0.5) is 4.39 Å². The average molecular weight is 184 g/mol. The molecule has 72 valence electrons. The van der Waals surface area contributed by atoms with E-state index in [-0.39, 0.29) is 11.5 Å². The Morgan fingerprint density at radius 1 is 1.08 bits per heavy atom. The number of phenolic OH excluding ortho intramolecular Hbond substituents is 2. The standard InChI is InChI=1S/C10H13FO2/c1-10(2,3)9-7(12)4-6(11)5-8(9)13/h4-5,12-13H,1-3H3. The Bertz CT molecular complexity index is 303. The number of benzene rings is 1. The summed E-state index contributed by atoms with van der Waals surface area (Å²) in [4.78, 5) is 0. The van der Waals surface area contributed by atoms with Crippen LogP contribution >= 0.6 is 0 Å². The summed E-state index contributed by atoms with van der Waals surface area (Å²) in [7, 11) is 0. The highest BCUT2D eigenvalue weighted by Crippen LogP contribution is 2.37. The molecule has 0 aliphatic carbocycles. The van der Waals surface area contributed by atoms with E-state index in [1.54, 1.807) is 0 Å². The minimum atomic E-state index is -0.636. The van der Waals surface area contributed by atoms with E-state index in [2.05, 4.69) is 0 Å². The summed E-state index contributed by atoms with van der Waals surface area (Å²) < 4.78 is 12.7. The van der Waals surface area contributed by atoms with Gasteiger partial charge < -0.3 is 10.2 Å². The number of aromatic hydroxyl groups is 2. The van der Waals surface area contributed by atoms with Crippen molar-refractivity contribution in [1.29, 1.82) is 0 Å². The normalized spacial score (nSPS) is 11.7. The van der Waals surface area contributed by atoms with E-state index in [1.165, 1.54) is 0 Å². The van der Waals surface area contributed by atoms with Crippen LogP contribution in [0.25, 0.3) is 0 Å². The zero-order valence-electron chi connectivity index (χ0n) is 7.93. The number of phenols is 2. The SMILES string of the molecule is CC(C)(C)c1c(O)cc(F)cc1O. The summed E-state index contributed by atoms with van der Waals surface area (Å²) in [5, 5.41) is 18.8. The van der Waals surface area contributed by atoms with Crippen LogP contribution in [0, 0.1) is 5.82 Å². The van der Waals surface area contributed by atoms with Crippen LogP contribution in [0.15, 0.2) is 12.1 Å². The van der Waals surface area contributed by atoms with Gasteiger partial charge in [-0.25, -0.2) is 4.39 Å². The minimum absolute atomic E-state index is 0.204. The predicted molar refractivity (Wildman–Crippen MR) is 48.4 cm³/mol. The first-order chi connectivity index (χ1) is 5.82. The van der Waals surface area contributed by atoms with Crippen LogP contribution in [0.2, 0.25) is 0 Å². The van der Waals surface area contributed by atoms with Crippen molar-refractivity contribution in [2.45, 2.75) is 26.2 Å². The van der Waals surface area contributed by atoms with Crippen molar-refractivity contribution >= 4 is 0 Å². The molecule has 2 N–H and O–H groups in total. The molecular formula is C10H13FO2. The van der Waals surface area contributed by atoms with Crippen LogP contribution in [0.5, 0.6) is 11.5 Å². The molecular weight excluding hydrogens is 171 g/mol. The van der Waals surface area contributed by atoms with Gasteiger partial charge in [-0.2, -0.15) is 0 Å². The van der Waals surface area contributed by atoms with E-state index in [1.807, 2.05) is 20.8 Å². The van der Waals surface area contributed by atoms with E-state index in [0.29, 0.717) is 5.56 Å². The first kappa shape index (κ1) is 9.84. The summed E-state index contributed by atoms with van der Waals surface area (Å²) in [6.45, 7) is 5.50. The largest absolute Gasteiger partial charge is 0.507 e. The monoisotopic (exact) mass is 184 g/mol. The molecule has 0 aliphatic heterocycles. The van der Waals surface area contributed by atoms with Gasteiger partial charge in [0.2, 0.25) is 0 Å². The molecule has 1 rings (SSSR count). The lowest BCUT2D eigenvalue weighted by Crippen LogP contribution is -2.11. The molecule has 0 saturated carbocycles. The number of halogens is 1. The summed E-state index contributed by atoms with van der Waals surface area (Å²) >= 11 is 0. The third-order valence-electron chi connectivity index (χ3n) is 1.81. The van der Waals surface area contributed by atoms with Crippen LogP contribution in [0.3, 0.4) is 0 Å². The topological polar surface area (TPSA) is 40.5 Å². The molecule has 0 atom stereocenters. The summed E-state index contributed by atoms with van der Waals surface area (Å²) in [6, 6.07) is 2.00. The fourth-order valence-corrected chi connectivity index (χ4v) is 1.35. The van der Waals surface area contributed by atoms with E-state index in [0.717, 1.165) is 12.1 Å². The first-order valence-electron chi connectivity index (χ1n) is 4.04. The first-order valence-corrected chi connectivity index (χ1v) is 4.04. The van der Waals surface area contributed by atoms with Crippen molar-refractivity contribution in [2.24, 2.45) is 0 Å². The Morgan fingerprint density at radius 2 is 1.46 bits per heavy atom. The van der Waals surface area contributed by atoms with Crippen molar-refractivity contribution in [3.05, 3.63) is 23.5 Å². The highest BCUT2D eigenvalue weighted by Gasteiger charge is 2.22. The molecule has 0 saturated heterocycles. The molecule has 0 spiro atoms. The zero-order chi connectivity index (χ0) is 10.2. The maximum atomic E-state index is 12.7. The molecule has 1 aromatic carbocycles. The highest BCUT2D eigenvalue weighted by atomic mass is 19.1. The Hall–Kier alpha value is -1.25. The van der Waals surface area contributed by atoms with E-state index >= 15 is 0 Å². The molecule has 0 fully saturated rings. The smallest absolute Gasteiger partial charge is 0.130 e. The molecule has 0 bridgehead atoms. The van der Waals surface area contributed by atoms with Crippen molar-refractivity contribution in [3.63, 3.8) is 0 Å². The maximum Gasteiger partial charge on any atom is 0.130 e. The van der Waals surface area contributed by atoms with Gasteiger partial charge in [-0.05, 0) is 5.41 Å². The van der Waals surface area contributed by atoms with E-state index in [4.69, 9.17) is 0 Å². The highest BCUT2D eigenvalue weighted by molar-refractivity contribution is 5.47. The quantitative estimate of drug-likeness (QED) is 0.650. The van der Waals surface area contributed by atoms with Gasteiger partial charge in [0.15, 0.2) is 0 Å². The second-order valence-corrected chi connectivity index (χ2v) is 4.07. The lowest BCUT2D eigenvalue weighted by molar-refractivity contribution is 0.403. The minimum Gasteiger partial charge on any atom is -0.507 e. The van der Waals surface area contributed by atoms with Crippen LogP contribution in [0.1, 0.15) is 26.3 Å². The van der Waals surface area contributed by atoms with Gasteiger partial charge in [0.25, 0.3) is 0 Å². The van der Waals surface area contributed by atoms with Gasteiger partial charge in [-0.15, -0.1) is 0 Å². The lowest BCUT2D eigenvalue weighted by Gasteiger charge is -2.21. The molecule has 0 radical (unpaired) electrons. The second kappa shape index (κ2) is 2.91. The molecule has 0 aromatic heterocycles. The van der Waals surface area contributed by atoms with Crippen molar-refractivity contribution in [1.82, 2.24) is 0 Å². The fourth-order valence-electron chi connectivity index (χ4n) is 1.35. The molecule has 0 heterocycles. The number of hydrogen-bond acceptors (Lipinski definition) is 2. The molecule has 0 aliphatic rings. The lowest BCUT2D eigenvalue weighted by atomic mass is 9.85. The fraction of sp³-hybridized carbons (Fsp3) is 0.400. The number of hydrogen-bond donors (Lipinski definition) is 2. The van der Waals surface area contributed by atoms with Crippen molar-refractivity contribution < 1.29 is 14.6 Å². The van der Waals surface area contributed by atoms with Crippen molar-refractivity contribution in [2.75, 3.05) is 0 Å². The Kier molecular flexibility index (Phi) is 2.20. The van der Waals surface area contributed by atoms with Gasteiger partial charge in [-0.1, -0.05) is 20.8 Å². The Labute approximate surface area is 76.6 Å². The average Bonchev–Trinajstić information content (AvgIpc) is 1.78. The molecule has 0 amide bonds. The molecule has 2 nitrogen and oxygen atoms in total. The van der Waals surface area contributed by atoms with Gasteiger partial charge in [0.1, 0.15) is 17.3 Å². The number of rotatable bonds is 0. The second-order valence-electron chi connectivity index (χ2n) is 4.07. The molecule has 0 unspecified atom stereocenters. The predicted octanol–water partition coefficient (Wildman–Crippen LogP) is 2.53. The molecule has 3 heteroatoms. The third kappa shape index (κ3) is 1.91. The molecule has 13 heavy (non-hydrogen) atoms. The Balaban J connectivity index is 3.38. The maximum absolute atomic E-state index is 12.7.